The lowest BCUT2D eigenvalue weighted by atomic mass is 10.1. The lowest BCUT2D eigenvalue weighted by molar-refractivity contribution is -0.161. The van der Waals surface area contributed by atoms with Crippen LogP contribution >= 0.6 is 0 Å². The van der Waals surface area contributed by atoms with Crippen LogP contribution in [0.25, 0.3) is 0 Å². The lowest BCUT2D eigenvalue weighted by Crippen LogP contribution is -2.31. The maximum absolute atomic E-state index is 12.0. The van der Waals surface area contributed by atoms with Crippen molar-refractivity contribution < 1.29 is 19.4 Å². The number of hydrogen-bond acceptors (Lipinski definition) is 4. The molecule has 20 heavy (non-hydrogen) atoms. The summed E-state index contributed by atoms with van der Waals surface area (Å²) in [6.45, 7) is 8.17. The van der Waals surface area contributed by atoms with E-state index in [9.17, 15) is 9.90 Å². The van der Waals surface area contributed by atoms with Crippen LogP contribution < -0.4 is 0 Å². The molecule has 1 aromatic rings. The third-order valence-corrected chi connectivity index (χ3v) is 2.58. The van der Waals surface area contributed by atoms with E-state index in [1.165, 1.54) is 0 Å². The van der Waals surface area contributed by atoms with Crippen LogP contribution in [-0.4, -0.2) is 29.9 Å². The molecule has 1 rings (SSSR count). The highest BCUT2D eigenvalue weighted by Gasteiger charge is 2.23. The zero-order valence-corrected chi connectivity index (χ0v) is 12.6. The van der Waals surface area contributed by atoms with Gasteiger partial charge in [-0.15, -0.1) is 0 Å². The van der Waals surface area contributed by atoms with Gasteiger partial charge in [0.1, 0.15) is 5.75 Å². The Morgan fingerprint density at radius 3 is 2.50 bits per heavy atom. The molecule has 0 aliphatic carbocycles. The lowest BCUT2D eigenvalue weighted by Gasteiger charge is -2.19. The molecule has 0 aromatic heterocycles. The third-order valence-electron chi connectivity index (χ3n) is 2.58. The van der Waals surface area contributed by atoms with Crippen LogP contribution in [0.1, 0.15) is 33.3 Å². The Bertz CT molecular complexity index is 426. The molecule has 0 spiro atoms. The Balaban J connectivity index is 2.73. The Morgan fingerprint density at radius 2 is 1.95 bits per heavy atom. The Morgan fingerprint density at radius 1 is 1.25 bits per heavy atom. The number of esters is 1. The monoisotopic (exact) mass is 280 g/mol. The molecule has 0 aliphatic rings. The van der Waals surface area contributed by atoms with Gasteiger partial charge in [0.25, 0.3) is 0 Å². The molecule has 1 unspecified atom stereocenters. The van der Waals surface area contributed by atoms with Crippen molar-refractivity contribution in [2.24, 2.45) is 5.92 Å². The molecule has 4 nitrogen and oxygen atoms in total. The van der Waals surface area contributed by atoms with Gasteiger partial charge in [-0.05, 0) is 37.5 Å². The number of ether oxygens (including phenoxy) is 2. The number of carbonyl (C=O) groups excluding carboxylic acids is 1. The van der Waals surface area contributed by atoms with Gasteiger partial charge in [-0.2, -0.15) is 0 Å². The number of aromatic hydroxyl groups is 1. The summed E-state index contributed by atoms with van der Waals surface area (Å²) in [6, 6.07) is 6.83. The average molecular weight is 280 g/mol. The largest absolute Gasteiger partial charge is 0.508 e. The molecule has 112 valence electrons. The molecule has 0 amide bonds. The average Bonchev–Trinajstić information content (AvgIpc) is 2.33. The van der Waals surface area contributed by atoms with E-state index in [0.29, 0.717) is 18.9 Å². The number of benzene rings is 1. The molecule has 0 radical (unpaired) electrons. The summed E-state index contributed by atoms with van der Waals surface area (Å²) in [6.07, 6.45) is -0.412. The van der Waals surface area contributed by atoms with Crippen molar-refractivity contribution >= 4 is 5.97 Å². The molecule has 1 aromatic carbocycles. The van der Waals surface area contributed by atoms with Gasteiger partial charge in [0, 0.05) is 6.42 Å². The third kappa shape index (κ3) is 6.06. The van der Waals surface area contributed by atoms with Crippen molar-refractivity contribution in [3.05, 3.63) is 29.8 Å². The fourth-order valence-electron chi connectivity index (χ4n) is 1.72. The number of carbonyl (C=O) groups is 1. The molecule has 1 atom stereocenters. The van der Waals surface area contributed by atoms with E-state index in [-0.39, 0.29) is 17.8 Å². The fourth-order valence-corrected chi connectivity index (χ4v) is 1.72. The zero-order valence-electron chi connectivity index (χ0n) is 12.6. The molecule has 0 bridgehead atoms. The fraction of sp³-hybridized carbons (Fsp3) is 0.562. The molecule has 0 saturated carbocycles. The molecular weight excluding hydrogens is 256 g/mol. The number of hydrogen-bond donors (Lipinski definition) is 1. The molecule has 0 aliphatic heterocycles. The van der Waals surface area contributed by atoms with Gasteiger partial charge >= 0.3 is 5.97 Å². The highest BCUT2D eigenvalue weighted by molar-refractivity contribution is 5.75. The van der Waals surface area contributed by atoms with Crippen molar-refractivity contribution in [1.82, 2.24) is 0 Å². The van der Waals surface area contributed by atoms with Crippen LogP contribution in [0.5, 0.6) is 5.75 Å². The van der Waals surface area contributed by atoms with Crippen molar-refractivity contribution in [1.29, 1.82) is 0 Å². The van der Waals surface area contributed by atoms with Crippen LogP contribution in [0.15, 0.2) is 24.3 Å². The summed E-state index contributed by atoms with van der Waals surface area (Å²) in [5, 5.41) is 9.47. The van der Waals surface area contributed by atoms with E-state index in [0.717, 1.165) is 5.56 Å². The van der Waals surface area contributed by atoms with E-state index in [4.69, 9.17) is 9.47 Å². The van der Waals surface area contributed by atoms with Gasteiger partial charge in [0.2, 0.25) is 0 Å². The number of phenols is 1. The first-order valence-electron chi connectivity index (χ1n) is 6.98. The smallest absolute Gasteiger partial charge is 0.335 e. The predicted molar refractivity (Wildman–Crippen MR) is 77.6 cm³/mol. The second-order valence-corrected chi connectivity index (χ2v) is 5.58. The first-order chi connectivity index (χ1) is 9.38. The summed E-state index contributed by atoms with van der Waals surface area (Å²) < 4.78 is 10.9. The van der Waals surface area contributed by atoms with Crippen LogP contribution in [0, 0.1) is 5.92 Å². The van der Waals surface area contributed by atoms with E-state index < -0.39 is 6.10 Å². The predicted octanol–water partition coefficient (Wildman–Crippen LogP) is 2.93. The van der Waals surface area contributed by atoms with Crippen LogP contribution in [0.4, 0.5) is 0 Å². The number of rotatable bonds is 7. The maximum atomic E-state index is 12.0. The van der Waals surface area contributed by atoms with E-state index in [1.54, 1.807) is 18.2 Å². The molecule has 1 N–H and O–H groups in total. The Hall–Kier alpha value is -1.55. The Kier molecular flexibility index (Phi) is 6.52. The normalized spacial score (nSPS) is 12.7. The molecule has 0 heterocycles. The highest BCUT2D eigenvalue weighted by atomic mass is 16.6. The van der Waals surface area contributed by atoms with E-state index in [1.807, 2.05) is 33.8 Å². The maximum Gasteiger partial charge on any atom is 0.335 e. The van der Waals surface area contributed by atoms with Gasteiger partial charge in [-0.3, -0.25) is 0 Å². The summed E-state index contributed by atoms with van der Waals surface area (Å²) in [5.41, 5.74) is 0.847. The van der Waals surface area contributed by atoms with Gasteiger partial charge < -0.3 is 14.6 Å². The van der Waals surface area contributed by atoms with E-state index >= 15 is 0 Å². The van der Waals surface area contributed by atoms with Crippen molar-refractivity contribution in [3.63, 3.8) is 0 Å². The Labute approximate surface area is 120 Å². The minimum Gasteiger partial charge on any atom is -0.508 e. The van der Waals surface area contributed by atoms with Gasteiger partial charge in [0.05, 0.1) is 12.7 Å². The van der Waals surface area contributed by atoms with Crippen molar-refractivity contribution in [3.8, 4) is 5.75 Å². The summed E-state index contributed by atoms with van der Waals surface area (Å²) in [4.78, 5) is 12.0. The number of phenolic OH excluding ortho intramolecular Hbond substituents is 1. The summed E-state index contributed by atoms with van der Waals surface area (Å²) >= 11 is 0. The summed E-state index contributed by atoms with van der Waals surface area (Å²) in [5.74, 6) is 0.167. The topological polar surface area (TPSA) is 55.8 Å². The second kappa shape index (κ2) is 7.90. The molecule has 0 fully saturated rings. The molecule has 4 heteroatoms. The summed E-state index contributed by atoms with van der Waals surface area (Å²) in [7, 11) is 0. The van der Waals surface area contributed by atoms with Crippen molar-refractivity contribution in [2.45, 2.75) is 46.3 Å². The van der Waals surface area contributed by atoms with Crippen LogP contribution in [0.3, 0.4) is 0 Å². The molecular formula is C16H24O4. The van der Waals surface area contributed by atoms with Gasteiger partial charge in [-0.25, -0.2) is 4.79 Å². The first-order valence-corrected chi connectivity index (χ1v) is 6.98. The standard InChI is InChI=1S/C16H24O4/c1-11(2)10-19-15(16(18)20-12(3)4)9-13-6-5-7-14(17)8-13/h5-8,11-12,15,17H,9-10H2,1-4H3. The van der Waals surface area contributed by atoms with E-state index in [2.05, 4.69) is 0 Å². The quantitative estimate of drug-likeness (QED) is 0.780. The zero-order chi connectivity index (χ0) is 15.1. The second-order valence-electron chi connectivity index (χ2n) is 5.58. The van der Waals surface area contributed by atoms with Crippen molar-refractivity contribution in [2.75, 3.05) is 6.61 Å². The van der Waals surface area contributed by atoms with Crippen LogP contribution in [0.2, 0.25) is 0 Å². The minimum absolute atomic E-state index is 0.170. The van der Waals surface area contributed by atoms with Gasteiger partial charge in [-0.1, -0.05) is 26.0 Å². The van der Waals surface area contributed by atoms with Crippen LogP contribution in [-0.2, 0) is 20.7 Å². The highest BCUT2D eigenvalue weighted by Crippen LogP contribution is 2.15. The first kappa shape index (κ1) is 16.5. The minimum atomic E-state index is -0.637. The SMILES string of the molecule is CC(C)COC(Cc1cccc(O)c1)C(=O)OC(C)C. The molecule has 0 saturated heterocycles. The van der Waals surface area contributed by atoms with Gasteiger partial charge in [0.15, 0.2) is 6.10 Å².